The average molecular weight is 264 g/mol. The fourth-order valence-corrected chi connectivity index (χ4v) is 2.20. The summed E-state index contributed by atoms with van der Waals surface area (Å²) >= 11 is 0. The highest BCUT2D eigenvalue weighted by Gasteiger charge is 2.15. The monoisotopic (exact) mass is 264 g/mol. The van der Waals surface area contributed by atoms with E-state index in [4.69, 9.17) is 4.74 Å². The van der Waals surface area contributed by atoms with E-state index in [2.05, 4.69) is 5.32 Å². The van der Waals surface area contributed by atoms with Crippen molar-refractivity contribution in [1.29, 1.82) is 0 Å². The molecular weight excluding hydrogens is 244 g/mol. The van der Waals surface area contributed by atoms with Crippen molar-refractivity contribution in [2.24, 2.45) is 0 Å². The van der Waals surface area contributed by atoms with Crippen LogP contribution in [0.2, 0.25) is 0 Å². The second-order valence-electron chi connectivity index (χ2n) is 4.64. The van der Waals surface area contributed by atoms with E-state index in [1.165, 1.54) is 7.11 Å². The topological polar surface area (TPSA) is 61.8 Å². The lowest BCUT2D eigenvalue weighted by atomic mass is 10.1. The molecule has 1 saturated heterocycles. The minimum Gasteiger partial charge on any atom is -0.504 e. The normalized spacial score (nSPS) is 15.3. The molecule has 1 fully saturated rings. The van der Waals surface area contributed by atoms with Gasteiger partial charge in [0.05, 0.1) is 7.11 Å². The zero-order valence-corrected chi connectivity index (χ0v) is 11.2. The standard InChI is InChI=1S/C14H20N2O3/c1-19-13-10-11(2-4-12(13)17)3-5-14(18)16-8-6-15-7-9-16/h2,4,10,15,17H,3,5-9H2,1H3. The molecule has 5 nitrogen and oxygen atoms in total. The van der Waals surface area contributed by atoms with Crippen molar-refractivity contribution in [3.8, 4) is 11.5 Å². The summed E-state index contributed by atoms with van der Waals surface area (Å²) in [6.45, 7) is 3.33. The summed E-state index contributed by atoms with van der Waals surface area (Å²) in [5.41, 5.74) is 0.998. The number of benzene rings is 1. The molecule has 0 bridgehead atoms. The van der Waals surface area contributed by atoms with Gasteiger partial charge in [-0.3, -0.25) is 4.79 Å². The zero-order valence-electron chi connectivity index (χ0n) is 11.2. The first kappa shape index (κ1) is 13.7. The van der Waals surface area contributed by atoms with Gasteiger partial charge in [-0.2, -0.15) is 0 Å². The number of hydrogen-bond donors (Lipinski definition) is 2. The summed E-state index contributed by atoms with van der Waals surface area (Å²) in [6.07, 6.45) is 1.16. The van der Waals surface area contributed by atoms with Crippen LogP contribution >= 0.6 is 0 Å². The maximum atomic E-state index is 12.0. The van der Waals surface area contributed by atoms with Crippen molar-refractivity contribution in [3.63, 3.8) is 0 Å². The smallest absolute Gasteiger partial charge is 0.222 e. The predicted molar refractivity (Wildman–Crippen MR) is 72.4 cm³/mol. The van der Waals surface area contributed by atoms with Gasteiger partial charge in [0.1, 0.15) is 0 Å². The van der Waals surface area contributed by atoms with Gasteiger partial charge in [-0.05, 0) is 24.1 Å². The van der Waals surface area contributed by atoms with Gasteiger partial charge in [0, 0.05) is 32.6 Å². The molecule has 0 saturated carbocycles. The maximum absolute atomic E-state index is 12.0. The number of phenolic OH excluding ortho intramolecular Hbond substituents is 1. The van der Waals surface area contributed by atoms with Crippen molar-refractivity contribution >= 4 is 5.91 Å². The third-order valence-electron chi connectivity index (χ3n) is 3.34. The highest BCUT2D eigenvalue weighted by Crippen LogP contribution is 2.26. The molecule has 0 radical (unpaired) electrons. The molecule has 1 aliphatic heterocycles. The van der Waals surface area contributed by atoms with Crippen molar-refractivity contribution in [2.75, 3.05) is 33.3 Å². The molecule has 104 valence electrons. The fraction of sp³-hybridized carbons (Fsp3) is 0.500. The first-order valence-corrected chi connectivity index (χ1v) is 6.55. The van der Waals surface area contributed by atoms with Gasteiger partial charge in [0.2, 0.25) is 5.91 Å². The Morgan fingerprint density at radius 1 is 1.42 bits per heavy atom. The number of nitrogens with one attached hydrogen (secondary N) is 1. The Labute approximate surface area is 113 Å². The molecule has 1 amide bonds. The first-order valence-electron chi connectivity index (χ1n) is 6.55. The predicted octanol–water partition coefficient (Wildman–Crippen LogP) is 0.765. The summed E-state index contributed by atoms with van der Waals surface area (Å²) < 4.78 is 5.06. The van der Waals surface area contributed by atoms with E-state index in [9.17, 15) is 9.90 Å². The Bertz CT molecular complexity index is 442. The molecule has 2 rings (SSSR count). The number of carbonyl (C=O) groups is 1. The Kier molecular flexibility index (Phi) is 4.63. The highest BCUT2D eigenvalue weighted by molar-refractivity contribution is 5.76. The van der Waals surface area contributed by atoms with Crippen LogP contribution in [-0.4, -0.2) is 49.2 Å². The molecule has 0 unspecified atom stereocenters. The number of ether oxygens (including phenoxy) is 1. The number of hydrogen-bond acceptors (Lipinski definition) is 4. The lowest BCUT2D eigenvalue weighted by Crippen LogP contribution is -2.46. The number of piperazine rings is 1. The molecule has 2 N–H and O–H groups in total. The Morgan fingerprint density at radius 3 is 2.84 bits per heavy atom. The minimum absolute atomic E-state index is 0.125. The molecule has 0 atom stereocenters. The molecule has 19 heavy (non-hydrogen) atoms. The van der Waals surface area contributed by atoms with Gasteiger partial charge in [-0.25, -0.2) is 0 Å². The molecular formula is C14H20N2O3. The number of methoxy groups -OCH3 is 1. The van der Waals surface area contributed by atoms with E-state index in [0.717, 1.165) is 31.7 Å². The van der Waals surface area contributed by atoms with Gasteiger partial charge in [-0.1, -0.05) is 6.07 Å². The number of aromatic hydroxyl groups is 1. The Morgan fingerprint density at radius 2 is 2.16 bits per heavy atom. The number of amides is 1. The Hall–Kier alpha value is -1.75. The molecule has 0 aliphatic carbocycles. The van der Waals surface area contributed by atoms with Crippen LogP contribution in [0.5, 0.6) is 11.5 Å². The third kappa shape index (κ3) is 3.61. The quantitative estimate of drug-likeness (QED) is 0.843. The summed E-state index contributed by atoms with van der Waals surface area (Å²) in [6, 6.07) is 5.20. The largest absolute Gasteiger partial charge is 0.504 e. The molecule has 0 aromatic heterocycles. The van der Waals surface area contributed by atoms with Gasteiger partial charge >= 0.3 is 0 Å². The Balaban J connectivity index is 1.89. The van der Waals surface area contributed by atoms with Gasteiger partial charge in [0.15, 0.2) is 11.5 Å². The molecule has 1 heterocycles. The van der Waals surface area contributed by atoms with Crippen molar-refractivity contribution in [2.45, 2.75) is 12.8 Å². The number of aryl methyl sites for hydroxylation is 1. The third-order valence-corrected chi connectivity index (χ3v) is 3.34. The minimum atomic E-state index is 0.125. The summed E-state index contributed by atoms with van der Waals surface area (Å²) in [4.78, 5) is 13.9. The van der Waals surface area contributed by atoms with E-state index in [1.54, 1.807) is 12.1 Å². The van der Waals surface area contributed by atoms with E-state index < -0.39 is 0 Å². The summed E-state index contributed by atoms with van der Waals surface area (Å²) in [7, 11) is 1.52. The lowest BCUT2D eigenvalue weighted by Gasteiger charge is -2.27. The number of phenols is 1. The lowest BCUT2D eigenvalue weighted by molar-refractivity contribution is -0.131. The summed E-state index contributed by atoms with van der Waals surface area (Å²) in [5, 5.41) is 12.7. The zero-order chi connectivity index (χ0) is 13.7. The van der Waals surface area contributed by atoms with E-state index in [-0.39, 0.29) is 11.7 Å². The van der Waals surface area contributed by atoms with Crippen LogP contribution in [-0.2, 0) is 11.2 Å². The van der Waals surface area contributed by atoms with Crippen LogP contribution in [0.15, 0.2) is 18.2 Å². The maximum Gasteiger partial charge on any atom is 0.222 e. The van der Waals surface area contributed by atoms with Gasteiger partial charge in [-0.15, -0.1) is 0 Å². The van der Waals surface area contributed by atoms with E-state index in [0.29, 0.717) is 18.6 Å². The van der Waals surface area contributed by atoms with E-state index in [1.807, 2.05) is 11.0 Å². The van der Waals surface area contributed by atoms with Crippen LogP contribution in [0.3, 0.4) is 0 Å². The SMILES string of the molecule is COc1cc(CCC(=O)N2CCNCC2)ccc1O. The number of nitrogens with zero attached hydrogens (tertiary/aromatic N) is 1. The fourth-order valence-electron chi connectivity index (χ4n) is 2.20. The molecule has 5 heteroatoms. The highest BCUT2D eigenvalue weighted by atomic mass is 16.5. The van der Waals surface area contributed by atoms with Crippen LogP contribution in [0.4, 0.5) is 0 Å². The molecule has 1 aliphatic rings. The first-order chi connectivity index (χ1) is 9.20. The second kappa shape index (κ2) is 6.43. The second-order valence-corrected chi connectivity index (χ2v) is 4.64. The number of rotatable bonds is 4. The molecule has 1 aromatic carbocycles. The molecule has 1 aromatic rings. The van der Waals surface area contributed by atoms with Gasteiger partial charge < -0.3 is 20.1 Å². The van der Waals surface area contributed by atoms with Crippen LogP contribution in [0.25, 0.3) is 0 Å². The van der Waals surface area contributed by atoms with Crippen molar-refractivity contribution in [1.82, 2.24) is 10.2 Å². The average Bonchev–Trinajstić information content (AvgIpc) is 2.47. The van der Waals surface area contributed by atoms with E-state index >= 15 is 0 Å². The van der Waals surface area contributed by atoms with Crippen molar-refractivity contribution in [3.05, 3.63) is 23.8 Å². The van der Waals surface area contributed by atoms with Crippen LogP contribution in [0.1, 0.15) is 12.0 Å². The number of carbonyl (C=O) groups excluding carboxylic acids is 1. The summed E-state index contributed by atoms with van der Waals surface area (Å²) in [5.74, 6) is 0.764. The van der Waals surface area contributed by atoms with Crippen LogP contribution in [0, 0.1) is 0 Å². The van der Waals surface area contributed by atoms with Gasteiger partial charge in [0.25, 0.3) is 0 Å². The molecule has 0 spiro atoms. The van der Waals surface area contributed by atoms with Crippen LogP contribution < -0.4 is 10.1 Å². The van der Waals surface area contributed by atoms with Crippen molar-refractivity contribution < 1.29 is 14.6 Å².